The third kappa shape index (κ3) is 5.62. The Morgan fingerprint density at radius 3 is 2.15 bits per heavy atom. The molecule has 0 aromatic heterocycles. The summed E-state index contributed by atoms with van der Waals surface area (Å²) < 4.78 is 5.81. The molecule has 4 aliphatic carbocycles. The van der Waals surface area contributed by atoms with Crippen LogP contribution in [0.25, 0.3) is 0 Å². The van der Waals surface area contributed by atoms with Crippen LogP contribution >= 0.6 is 82.3 Å². The van der Waals surface area contributed by atoms with Crippen LogP contribution in [0.5, 0.6) is 0 Å². The second-order valence-electron chi connectivity index (χ2n) is 10.7. The van der Waals surface area contributed by atoms with E-state index in [1.54, 1.807) is 11.1 Å². The molecule has 1 aromatic carbocycles. The molecule has 2 atom stereocenters. The third-order valence-corrected chi connectivity index (χ3v) is 18.7. The third-order valence-electron chi connectivity index (χ3n) is 8.16. The summed E-state index contributed by atoms with van der Waals surface area (Å²) in [5.74, 6) is 1.60. The highest BCUT2D eigenvalue weighted by Gasteiger charge is 2.37. The van der Waals surface area contributed by atoms with Crippen molar-refractivity contribution in [3.8, 4) is 0 Å². The summed E-state index contributed by atoms with van der Waals surface area (Å²) in [6.45, 7) is 10.6. The highest BCUT2D eigenvalue weighted by atomic mass is 32.3. The number of hydrogen-bond donors (Lipinski definition) is 0. The average molecular weight is 653 g/mol. The van der Waals surface area contributed by atoms with E-state index in [1.807, 2.05) is 82.3 Å². The van der Waals surface area contributed by atoms with Crippen LogP contribution in [-0.4, -0.2) is 10.5 Å². The number of hydrogen-bond acceptors (Lipinski definition) is 7. The lowest BCUT2D eigenvalue weighted by atomic mass is 9.67. The van der Waals surface area contributed by atoms with Crippen LogP contribution in [0, 0.1) is 0 Å². The SMILES string of the molecule is C=CCC(SC1=C(C)SC(/C=C2/C=CC=CC2)C(C=C)S1)=C1SC2=C(S1)Sc1cc3c(cc1S2)C1CCC3CC1. The minimum absolute atomic E-state index is 0.370. The Bertz CT molecular complexity index is 1390. The van der Waals surface area contributed by atoms with Crippen LogP contribution < -0.4 is 0 Å². The minimum Gasteiger partial charge on any atom is -0.120 e. The maximum atomic E-state index is 4.21. The van der Waals surface area contributed by atoms with Gasteiger partial charge in [0.1, 0.15) is 0 Å². The molecule has 0 saturated heterocycles. The van der Waals surface area contributed by atoms with E-state index in [2.05, 4.69) is 74.7 Å². The number of fused-ring (bicyclic) bond motifs is 3. The Balaban J connectivity index is 1.10. The molecule has 0 amide bonds. The highest BCUT2D eigenvalue weighted by molar-refractivity contribution is 8.42. The Morgan fingerprint density at radius 1 is 0.900 bits per heavy atom. The molecule has 206 valence electrons. The normalized spacial score (nSPS) is 29.5. The molecule has 0 N–H and O–H groups in total. The molecule has 3 heterocycles. The zero-order valence-corrected chi connectivity index (χ0v) is 28.2. The Kier molecular flexibility index (Phi) is 8.72. The summed E-state index contributed by atoms with van der Waals surface area (Å²) in [6.07, 6.45) is 23.0. The van der Waals surface area contributed by atoms with Gasteiger partial charge in [0.25, 0.3) is 0 Å². The molecule has 3 aliphatic heterocycles. The summed E-state index contributed by atoms with van der Waals surface area (Å²) in [5.41, 5.74) is 4.75. The van der Waals surface area contributed by atoms with Crippen LogP contribution in [0.15, 0.2) is 110 Å². The maximum absolute atomic E-state index is 4.21. The van der Waals surface area contributed by atoms with Crippen LogP contribution in [0.4, 0.5) is 0 Å². The van der Waals surface area contributed by atoms with Gasteiger partial charge in [-0.3, -0.25) is 0 Å². The summed E-state index contributed by atoms with van der Waals surface area (Å²) in [4.78, 5) is 5.83. The Labute approximate surface area is 269 Å². The summed E-state index contributed by atoms with van der Waals surface area (Å²) in [6, 6.07) is 5.14. The molecular formula is C33H32S7. The molecule has 1 aromatic rings. The second-order valence-corrected chi connectivity index (χ2v) is 19.6. The highest BCUT2D eigenvalue weighted by Crippen LogP contribution is 2.67. The quantitative estimate of drug-likeness (QED) is 0.277. The summed E-state index contributed by atoms with van der Waals surface area (Å²) in [7, 11) is 0. The number of rotatable bonds is 6. The Morgan fingerprint density at radius 2 is 1.57 bits per heavy atom. The van der Waals surface area contributed by atoms with Gasteiger partial charge in [0.05, 0.1) is 16.9 Å². The van der Waals surface area contributed by atoms with Gasteiger partial charge in [0, 0.05) is 30.1 Å². The van der Waals surface area contributed by atoms with Gasteiger partial charge >= 0.3 is 0 Å². The molecule has 7 heteroatoms. The van der Waals surface area contributed by atoms with E-state index in [4.69, 9.17) is 0 Å². The van der Waals surface area contributed by atoms with Gasteiger partial charge in [-0.15, -0.1) is 36.7 Å². The second kappa shape index (κ2) is 12.3. The topological polar surface area (TPSA) is 0 Å². The lowest BCUT2D eigenvalue weighted by Crippen LogP contribution is -2.21. The van der Waals surface area contributed by atoms with E-state index >= 15 is 0 Å². The van der Waals surface area contributed by atoms with Crippen LogP contribution in [0.3, 0.4) is 0 Å². The van der Waals surface area contributed by atoms with Gasteiger partial charge in [-0.05, 0) is 86.1 Å². The van der Waals surface area contributed by atoms with E-state index in [9.17, 15) is 0 Å². The molecule has 1 saturated carbocycles. The molecule has 7 aliphatic rings. The molecule has 2 bridgehead atoms. The molecule has 8 rings (SSSR count). The molecule has 1 fully saturated rings. The predicted octanol–water partition coefficient (Wildman–Crippen LogP) is 12.8. The van der Waals surface area contributed by atoms with Crippen molar-refractivity contribution < 1.29 is 0 Å². The largest absolute Gasteiger partial charge is 0.120 e. The first-order valence-corrected chi connectivity index (χ1v) is 19.8. The van der Waals surface area contributed by atoms with Crippen molar-refractivity contribution in [3.05, 3.63) is 111 Å². The number of thioether (sulfide) groups is 7. The van der Waals surface area contributed by atoms with Gasteiger partial charge in [-0.1, -0.05) is 101 Å². The Hall–Kier alpha value is -0.410. The fourth-order valence-electron chi connectivity index (χ4n) is 6.16. The first-order valence-electron chi connectivity index (χ1n) is 14.0. The number of benzene rings is 1. The van der Waals surface area contributed by atoms with E-state index in [0.717, 1.165) is 24.7 Å². The van der Waals surface area contributed by atoms with Crippen molar-refractivity contribution in [2.24, 2.45) is 0 Å². The molecular weight excluding hydrogens is 621 g/mol. The van der Waals surface area contributed by atoms with Gasteiger partial charge in [0.2, 0.25) is 0 Å². The zero-order valence-electron chi connectivity index (χ0n) is 22.5. The van der Waals surface area contributed by atoms with Gasteiger partial charge in [-0.25, -0.2) is 0 Å². The lowest BCUT2D eigenvalue weighted by molar-refractivity contribution is 0.357. The van der Waals surface area contributed by atoms with Gasteiger partial charge < -0.3 is 0 Å². The van der Waals surface area contributed by atoms with Crippen molar-refractivity contribution in [2.75, 3.05) is 0 Å². The minimum atomic E-state index is 0.370. The van der Waals surface area contributed by atoms with Crippen LogP contribution in [-0.2, 0) is 0 Å². The first-order chi connectivity index (χ1) is 19.6. The maximum Gasteiger partial charge on any atom is 0.0712 e. The first kappa shape index (κ1) is 28.4. The molecule has 0 nitrogen and oxygen atoms in total. The average Bonchev–Trinajstić information content (AvgIpc) is 3.39. The monoisotopic (exact) mass is 652 g/mol. The van der Waals surface area contributed by atoms with Crippen molar-refractivity contribution in [2.45, 2.75) is 77.6 Å². The standard InChI is InChI=1S/C33H32S7/c1-4-9-26(36-30-19(3)34-27(25(5-2)35-30)16-20-10-7-6-8-11-20)31-39-32-33(40-31)38-29-18-24-22-13-12-21(14-15-22)23(24)17-28(29)37-32/h4-8,10,16-18,21-22,25,27H,1-2,9,11-15H2,3H3/b20-16-,31-26?. The molecule has 0 radical (unpaired) electrons. The zero-order chi connectivity index (χ0) is 27.2. The van der Waals surface area contributed by atoms with Crippen LogP contribution in [0.2, 0.25) is 0 Å². The van der Waals surface area contributed by atoms with Crippen LogP contribution in [0.1, 0.15) is 68.4 Å². The summed E-state index contributed by atoms with van der Waals surface area (Å²) in [5, 5.41) is 0.792. The molecule has 0 spiro atoms. The molecule has 40 heavy (non-hydrogen) atoms. The fraction of sp³-hybridized carbons (Fsp3) is 0.333. The lowest BCUT2D eigenvalue weighted by Gasteiger charge is -2.39. The molecule has 2 unspecified atom stereocenters. The van der Waals surface area contributed by atoms with E-state index in [-0.39, 0.29) is 0 Å². The predicted molar refractivity (Wildman–Crippen MR) is 190 cm³/mol. The smallest absolute Gasteiger partial charge is 0.0712 e. The van der Waals surface area contributed by atoms with Crippen molar-refractivity contribution in [1.29, 1.82) is 0 Å². The van der Waals surface area contributed by atoms with Crippen molar-refractivity contribution in [1.82, 2.24) is 0 Å². The fourth-order valence-corrected chi connectivity index (χ4v) is 16.5. The van der Waals surface area contributed by atoms with Crippen molar-refractivity contribution in [3.63, 3.8) is 0 Å². The van der Waals surface area contributed by atoms with Gasteiger partial charge in [-0.2, -0.15) is 0 Å². The summed E-state index contributed by atoms with van der Waals surface area (Å²) >= 11 is 14.0. The van der Waals surface area contributed by atoms with Crippen molar-refractivity contribution >= 4 is 82.3 Å². The van der Waals surface area contributed by atoms with E-state index in [1.165, 1.54) is 67.8 Å². The van der Waals surface area contributed by atoms with E-state index in [0.29, 0.717) is 10.5 Å². The van der Waals surface area contributed by atoms with Gasteiger partial charge in [0.15, 0.2) is 0 Å². The van der Waals surface area contributed by atoms with E-state index < -0.39 is 0 Å². The number of allylic oxidation sites excluding steroid dienone is 8.